The fourth-order valence-corrected chi connectivity index (χ4v) is 4.79. The number of allylic oxidation sites excluding steroid dienone is 1. The zero-order valence-corrected chi connectivity index (χ0v) is 18.3. The topological polar surface area (TPSA) is 73.5 Å². The van der Waals surface area contributed by atoms with E-state index >= 15 is 0 Å². The second kappa shape index (κ2) is 8.05. The lowest BCUT2D eigenvalue weighted by Crippen LogP contribution is -2.31. The first-order chi connectivity index (χ1) is 16.4. The number of piperidine rings is 1. The van der Waals surface area contributed by atoms with Gasteiger partial charge in [-0.2, -0.15) is 18.3 Å². The van der Waals surface area contributed by atoms with Crippen molar-refractivity contribution in [1.29, 1.82) is 0 Å². The highest BCUT2D eigenvalue weighted by atomic mass is 19.4. The van der Waals surface area contributed by atoms with E-state index < -0.39 is 12.7 Å². The SMILES string of the molecule is FC(F)(F)Cn1cc(-c2cnc3c(n2)C(c2ccc4ncn(C5CCCNC5)c4c2)=CC3)cn1. The summed E-state index contributed by atoms with van der Waals surface area (Å²) in [6.07, 6.45) is 6.95. The van der Waals surface area contributed by atoms with E-state index in [1.165, 1.54) is 12.4 Å². The number of nitrogens with one attached hydrogen (secondary N) is 1. The van der Waals surface area contributed by atoms with Crippen LogP contribution < -0.4 is 5.32 Å². The number of hydrogen-bond donors (Lipinski definition) is 1. The molecule has 0 saturated carbocycles. The van der Waals surface area contributed by atoms with Gasteiger partial charge in [-0.15, -0.1) is 0 Å². The van der Waals surface area contributed by atoms with E-state index in [-0.39, 0.29) is 0 Å². The maximum atomic E-state index is 12.7. The molecule has 1 aliphatic heterocycles. The fraction of sp³-hybridized carbons (Fsp3) is 0.333. The third-order valence-electron chi connectivity index (χ3n) is 6.42. The van der Waals surface area contributed by atoms with Crippen molar-refractivity contribution >= 4 is 16.6 Å². The number of rotatable bonds is 4. The molecule has 3 aromatic heterocycles. The van der Waals surface area contributed by atoms with Crippen molar-refractivity contribution < 1.29 is 13.2 Å². The summed E-state index contributed by atoms with van der Waals surface area (Å²) < 4.78 is 41.2. The van der Waals surface area contributed by atoms with Gasteiger partial charge >= 0.3 is 6.18 Å². The summed E-state index contributed by atoms with van der Waals surface area (Å²) in [5, 5.41) is 7.29. The van der Waals surface area contributed by atoms with Crippen LogP contribution in [0.25, 0.3) is 27.9 Å². The molecule has 174 valence electrons. The molecular formula is C24H22F3N7. The van der Waals surface area contributed by atoms with Crippen LogP contribution in [0.15, 0.2) is 49.2 Å². The Morgan fingerprint density at radius 2 is 2.03 bits per heavy atom. The second-order valence-electron chi connectivity index (χ2n) is 8.77. The molecule has 2 aliphatic rings. The number of alkyl halides is 3. The summed E-state index contributed by atoms with van der Waals surface area (Å²) in [6, 6.07) is 6.58. The Morgan fingerprint density at radius 3 is 2.85 bits per heavy atom. The lowest BCUT2D eigenvalue weighted by Gasteiger charge is -2.24. The maximum absolute atomic E-state index is 12.7. The van der Waals surface area contributed by atoms with E-state index in [2.05, 4.69) is 37.1 Å². The highest BCUT2D eigenvalue weighted by Gasteiger charge is 2.29. The van der Waals surface area contributed by atoms with Gasteiger partial charge in [-0.1, -0.05) is 12.1 Å². The summed E-state index contributed by atoms with van der Waals surface area (Å²) in [6.45, 7) is 0.840. The highest BCUT2D eigenvalue weighted by molar-refractivity contribution is 5.88. The van der Waals surface area contributed by atoms with Crippen LogP contribution in [0.1, 0.15) is 35.8 Å². The van der Waals surface area contributed by atoms with E-state index in [4.69, 9.17) is 4.98 Å². The van der Waals surface area contributed by atoms with Crippen molar-refractivity contribution in [3.63, 3.8) is 0 Å². The number of nitrogens with zero attached hydrogens (tertiary/aromatic N) is 6. The molecule has 10 heteroatoms. The van der Waals surface area contributed by atoms with Gasteiger partial charge in [-0.25, -0.2) is 9.97 Å². The fourth-order valence-electron chi connectivity index (χ4n) is 4.79. The van der Waals surface area contributed by atoms with Crippen molar-refractivity contribution in [3.05, 3.63) is 66.1 Å². The summed E-state index contributed by atoms with van der Waals surface area (Å²) in [7, 11) is 0. The minimum absolute atomic E-state index is 0.374. The van der Waals surface area contributed by atoms with Crippen LogP contribution in [0.2, 0.25) is 0 Å². The van der Waals surface area contributed by atoms with Crippen LogP contribution in [-0.2, 0) is 13.0 Å². The van der Waals surface area contributed by atoms with Crippen molar-refractivity contribution in [1.82, 2.24) is 34.6 Å². The van der Waals surface area contributed by atoms with Crippen LogP contribution in [0.3, 0.4) is 0 Å². The van der Waals surface area contributed by atoms with E-state index in [9.17, 15) is 13.2 Å². The second-order valence-corrected chi connectivity index (χ2v) is 8.77. The molecule has 1 unspecified atom stereocenters. The number of benzene rings is 1. The molecule has 4 heterocycles. The quantitative estimate of drug-likeness (QED) is 0.490. The van der Waals surface area contributed by atoms with Crippen LogP contribution in [0, 0.1) is 0 Å². The zero-order valence-electron chi connectivity index (χ0n) is 18.3. The predicted octanol–water partition coefficient (Wildman–Crippen LogP) is 4.16. The van der Waals surface area contributed by atoms with Gasteiger partial charge in [-0.05, 0) is 37.1 Å². The number of hydrogen-bond acceptors (Lipinski definition) is 5. The van der Waals surface area contributed by atoms with Crippen LogP contribution in [-0.4, -0.2) is 48.6 Å². The number of imidazole rings is 1. The molecule has 34 heavy (non-hydrogen) atoms. The van der Waals surface area contributed by atoms with Crippen molar-refractivity contribution in [2.24, 2.45) is 0 Å². The standard InChI is InChI=1S/C24H22F3N7/c25-24(26,27)13-33-12-16(9-31-33)21-11-29-20-6-4-18(23(20)32-21)15-3-5-19-22(8-15)34(14-30-19)17-2-1-7-28-10-17/h3-5,8-9,11-12,14,17,28H,1-2,6-7,10,13H2. The molecule has 6 rings (SSSR count). The first-order valence-corrected chi connectivity index (χ1v) is 11.3. The molecule has 7 nitrogen and oxygen atoms in total. The third kappa shape index (κ3) is 3.87. The molecular weight excluding hydrogens is 443 g/mol. The molecule has 1 N–H and O–H groups in total. The average molecular weight is 465 g/mol. The van der Waals surface area contributed by atoms with Gasteiger partial charge in [0.2, 0.25) is 0 Å². The van der Waals surface area contributed by atoms with Crippen molar-refractivity contribution in [2.45, 2.75) is 38.0 Å². The Bertz CT molecular complexity index is 1390. The minimum Gasteiger partial charge on any atom is -0.326 e. The van der Waals surface area contributed by atoms with E-state index in [0.717, 1.165) is 64.2 Å². The zero-order chi connectivity index (χ0) is 23.3. The summed E-state index contributed by atoms with van der Waals surface area (Å²) in [5.74, 6) is 0. The van der Waals surface area contributed by atoms with E-state index in [0.29, 0.717) is 23.7 Å². The predicted molar refractivity (Wildman–Crippen MR) is 121 cm³/mol. The Balaban J connectivity index is 1.33. The third-order valence-corrected chi connectivity index (χ3v) is 6.42. The largest absolute Gasteiger partial charge is 0.408 e. The first kappa shape index (κ1) is 21.0. The molecule has 1 atom stereocenters. The van der Waals surface area contributed by atoms with Gasteiger partial charge in [0, 0.05) is 36.3 Å². The Labute approximate surface area is 193 Å². The van der Waals surface area contributed by atoms with Gasteiger partial charge in [0.05, 0.1) is 46.8 Å². The summed E-state index contributed by atoms with van der Waals surface area (Å²) in [4.78, 5) is 13.9. The van der Waals surface area contributed by atoms with E-state index in [1.807, 2.05) is 18.5 Å². The molecule has 1 aromatic carbocycles. The van der Waals surface area contributed by atoms with E-state index in [1.54, 1.807) is 6.20 Å². The highest BCUT2D eigenvalue weighted by Crippen LogP contribution is 2.34. The maximum Gasteiger partial charge on any atom is 0.408 e. The Morgan fingerprint density at radius 1 is 1.12 bits per heavy atom. The molecule has 1 fully saturated rings. The molecule has 0 bridgehead atoms. The summed E-state index contributed by atoms with van der Waals surface area (Å²) in [5.41, 5.74) is 6.64. The number of halogens is 3. The van der Waals surface area contributed by atoms with Gasteiger partial charge in [0.25, 0.3) is 0 Å². The van der Waals surface area contributed by atoms with Gasteiger partial charge in [0.15, 0.2) is 0 Å². The summed E-state index contributed by atoms with van der Waals surface area (Å²) >= 11 is 0. The molecule has 0 spiro atoms. The molecule has 4 aromatic rings. The van der Waals surface area contributed by atoms with Gasteiger partial charge in [0.1, 0.15) is 6.54 Å². The number of aromatic nitrogens is 6. The lowest BCUT2D eigenvalue weighted by atomic mass is 10.0. The number of fused-ring (bicyclic) bond motifs is 2. The van der Waals surface area contributed by atoms with Gasteiger partial charge in [-0.3, -0.25) is 9.67 Å². The molecule has 0 amide bonds. The monoisotopic (exact) mass is 465 g/mol. The smallest absolute Gasteiger partial charge is 0.326 e. The Hall–Kier alpha value is -3.53. The van der Waals surface area contributed by atoms with Crippen LogP contribution in [0.5, 0.6) is 0 Å². The van der Waals surface area contributed by atoms with Crippen LogP contribution in [0.4, 0.5) is 13.2 Å². The normalized spacial score (nSPS) is 18.3. The minimum atomic E-state index is -4.33. The van der Waals surface area contributed by atoms with Gasteiger partial charge < -0.3 is 9.88 Å². The van der Waals surface area contributed by atoms with Crippen molar-refractivity contribution in [3.8, 4) is 11.3 Å². The average Bonchev–Trinajstić information content (AvgIpc) is 3.56. The molecule has 1 saturated heterocycles. The Kier molecular flexibility index (Phi) is 4.98. The lowest BCUT2D eigenvalue weighted by molar-refractivity contribution is -0.142. The van der Waals surface area contributed by atoms with Crippen molar-refractivity contribution in [2.75, 3.05) is 13.1 Å². The molecule has 1 aliphatic carbocycles. The van der Waals surface area contributed by atoms with Crippen LogP contribution >= 0.6 is 0 Å². The first-order valence-electron chi connectivity index (χ1n) is 11.3. The molecule has 0 radical (unpaired) electrons.